The average Bonchev–Trinajstić information content (AvgIpc) is 3.39. The van der Waals surface area contributed by atoms with E-state index < -0.39 is 9.84 Å². The fraction of sp³-hybridized carbons (Fsp3) is 0.333. The quantitative estimate of drug-likeness (QED) is 0.510. The van der Waals surface area contributed by atoms with Crippen molar-refractivity contribution < 1.29 is 17.9 Å². The average molecular weight is 463 g/mol. The predicted octanol–water partition coefficient (Wildman–Crippen LogP) is 4.25. The number of sulfone groups is 1. The summed E-state index contributed by atoms with van der Waals surface area (Å²) in [6.07, 6.45) is 4.97. The summed E-state index contributed by atoms with van der Waals surface area (Å²) in [5, 5.41) is 0.548. The zero-order valence-corrected chi connectivity index (χ0v) is 19.1. The van der Waals surface area contributed by atoms with E-state index in [-0.39, 0.29) is 16.9 Å². The van der Waals surface area contributed by atoms with Crippen LogP contribution in [0.25, 0.3) is 10.2 Å². The molecule has 1 aliphatic heterocycles. The first kappa shape index (κ1) is 21.3. The van der Waals surface area contributed by atoms with Crippen molar-refractivity contribution in [3.8, 4) is 0 Å². The van der Waals surface area contributed by atoms with E-state index in [0.29, 0.717) is 29.4 Å². The van der Waals surface area contributed by atoms with Crippen LogP contribution in [0.4, 0.5) is 5.13 Å². The Balaban J connectivity index is 1.76. The van der Waals surface area contributed by atoms with Crippen LogP contribution in [0, 0.1) is 0 Å². The highest BCUT2D eigenvalue weighted by atomic mass is 32.2. The molecule has 4 rings (SSSR count). The van der Waals surface area contributed by atoms with E-state index in [1.807, 2.05) is 30.5 Å². The normalized spacial score (nSPS) is 16.8. The van der Waals surface area contributed by atoms with Crippen LogP contribution in [0.15, 0.2) is 52.3 Å². The molecule has 0 bridgehead atoms. The van der Waals surface area contributed by atoms with E-state index in [1.165, 1.54) is 29.4 Å². The molecule has 1 aromatic heterocycles. The second-order valence-electron chi connectivity index (χ2n) is 7.15. The van der Waals surface area contributed by atoms with Crippen molar-refractivity contribution in [3.05, 3.63) is 48.0 Å². The summed E-state index contributed by atoms with van der Waals surface area (Å²) in [7, 11) is -3.32. The summed E-state index contributed by atoms with van der Waals surface area (Å²) in [4.78, 5) is 21.0. The fourth-order valence-corrected chi connectivity index (χ4v) is 5.77. The minimum atomic E-state index is -3.32. The van der Waals surface area contributed by atoms with Gasteiger partial charge < -0.3 is 4.74 Å². The minimum Gasteiger partial charge on any atom is -0.376 e. The second-order valence-corrected chi connectivity index (χ2v) is 11.0. The lowest BCUT2D eigenvalue weighted by atomic mass is 10.1. The van der Waals surface area contributed by atoms with Gasteiger partial charge in [0, 0.05) is 17.8 Å². The summed E-state index contributed by atoms with van der Waals surface area (Å²) < 4.78 is 30.3. The molecule has 1 amide bonds. The number of carbonyl (C=O) groups excluding carboxylic acids is 1. The molecule has 6 nitrogen and oxygen atoms in total. The first-order chi connectivity index (χ1) is 14.4. The van der Waals surface area contributed by atoms with Crippen LogP contribution >= 0.6 is 23.1 Å². The lowest BCUT2D eigenvalue weighted by Crippen LogP contribution is -2.37. The number of amides is 1. The van der Waals surface area contributed by atoms with Gasteiger partial charge in [-0.15, -0.1) is 11.8 Å². The molecule has 0 saturated carbocycles. The number of anilines is 1. The Kier molecular flexibility index (Phi) is 6.15. The Hall–Kier alpha value is -1.94. The molecule has 0 spiro atoms. The highest BCUT2D eigenvalue weighted by molar-refractivity contribution is 7.98. The number of thioether (sulfide) groups is 1. The highest BCUT2D eigenvalue weighted by Crippen LogP contribution is 2.33. The number of hydrogen-bond acceptors (Lipinski definition) is 7. The molecule has 2 heterocycles. The molecule has 3 aromatic rings. The summed E-state index contributed by atoms with van der Waals surface area (Å²) in [5.74, 6) is -0.127. The standard InChI is InChI=1S/C21H22N2O4S3/c1-28-18-8-4-3-7-16(18)20(24)23(13-14-6-5-11-27-14)21-22-17-10-9-15(30(2,25)26)12-19(17)29-21/h3-4,7-10,12,14H,5-6,11,13H2,1-2H3. The third kappa shape index (κ3) is 4.39. The van der Waals surface area contributed by atoms with Crippen molar-refractivity contribution in [2.45, 2.75) is 28.7 Å². The molecule has 1 fully saturated rings. The number of benzene rings is 2. The van der Waals surface area contributed by atoms with Gasteiger partial charge in [-0.25, -0.2) is 13.4 Å². The number of aromatic nitrogens is 1. The lowest BCUT2D eigenvalue weighted by molar-refractivity contribution is 0.0915. The third-order valence-corrected chi connectivity index (χ3v) is 7.95. The summed E-state index contributed by atoms with van der Waals surface area (Å²) >= 11 is 2.85. The van der Waals surface area contributed by atoms with Crippen LogP contribution in [0.3, 0.4) is 0 Å². The van der Waals surface area contributed by atoms with Gasteiger partial charge in [0.1, 0.15) is 0 Å². The maximum atomic E-state index is 13.5. The van der Waals surface area contributed by atoms with Gasteiger partial charge in [-0.3, -0.25) is 9.69 Å². The first-order valence-electron chi connectivity index (χ1n) is 9.54. The van der Waals surface area contributed by atoms with Crippen LogP contribution in [0.5, 0.6) is 0 Å². The Morgan fingerprint density at radius 3 is 2.80 bits per heavy atom. The van der Waals surface area contributed by atoms with Gasteiger partial charge in [0.25, 0.3) is 5.91 Å². The second kappa shape index (κ2) is 8.66. The number of rotatable bonds is 6. The summed E-state index contributed by atoms with van der Waals surface area (Å²) in [6.45, 7) is 1.12. The number of carbonyl (C=O) groups is 1. The van der Waals surface area contributed by atoms with E-state index in [2.05, 4.69) is 4.98 Å². The van der Waals surface area contributed by atoms with Gasteiger partial charge in [0.2, 0.25) is 0 Å². The smallest absolute Gasteiger partial charge is 0.261 e. The number of ether oxygens (including phenoxy) is 1. The van der Waals surface area contributed by atoms with Gasteiger partial charge in [-0.2, -0.15) is 0 Å². The molecule has 1 atom stereocenters. The van der Waals surface area contributed by atoms with Crippen LogP contribution in [-0.4, -0.2) is 51.1 Å². The minimum absolute atomic E-state index is 0.0333. The Bertz CT molecular complexity index is 1180. The van der Waals surface area contributed by atoms with E-state index in [0.717, 1.165) is 22.4 Å². The Morgan fingerprint density at radius 1 is 1.30 bits per heavy atom. The monoisotopic (exact) mass is 462 g/mol. The van der Waals surface area contributed by atoms with E-state index in [4.69, 9.17) is 4.74 Å². The maximum Gasteiger partial charge on any atom is 0.261 e. The van der Waals surface area contributed by atoms with Crippen molar-refractivity contribution in [1.29, 1.82) is 0 Å². The molecule has 9 heteroatoms. The van der Waals surface area contributed by atoms with Gasteiger partial charge in [0.05, 0.1) is 33.3 Å². The molecule has 1 saturated heterocycles. The maximum absolute atomic E-state index is 13.5. The van der Waals surface area contributed by atoms with E-state index in [1.54, 1.807) is 23.1 Å². The van der Waals surface area contributed by atoms with Crippen molar-refractivity contribution in [1.82, 2.24) is 4.98 Å². The topological polar surface area (TPSA) is 76.6 Å². The molecule has 1 aliphatic rings. The van der Waals surface area contributed by atoms with Crippen molar-refractivity contribution in [2.75, 3.05) is 30.6 Å². The van der Waals surface area contributed by atoms with Crippen molar-refractivity contribution >= 4 is 54.2 Å². The Morgan fingerprint density at radius 2 is 2.10 bits per heavy atom. The van der Waals surface area contributed by atoms with Crippen molar-refractivity contribution in [3.63, 3.8) is 0 Å². The van der Waals surface area contributed by atoms with Crippen LogP contribution < -0.4 is 4.90 Å². The SMILES string of the molecule is CSc1ccccc1C(=O)N(CC1CCCO1)c1nc2ccc(S(C)(=O)=O)cc2s1. The van der Waals surface area contributed by atoms with Crippen LogP contribution in [-0.2, 0) is 14.6 Å². The molecule has 158 valence electrons. The first-order valence-corrected chi connectivity index (χ1v) is 13.5. The summed E-state index contributed by atoms with van der Waals surface area (Å²) in [5.41, 5.74) is 1.30. The number of fused-ring (bicyclic) bond motifs is 1. The van der Waals surface area contributed by atoms with Crippen molar-refractivity contribution in [2.24, 2.45) is 0 Å². The lowest BCUT2D eigenvalue weighted by Gasteiger charge is -2.24. The third-order valence-electron chi connectivity index (χ3n) is 5.00. The van der Waals surface area contributed by atoms with Crippen LogP contribution in [0.2, 0.25) is 0 Å². The largest absolute Gasteiger partial charge is 0.376 e. The molecule has 30 heavy (non-hydrogen) atoms. The molecule has 0 radical (unpaired) electrons. The summed E-state index contributed by atoms with van der Waals surface area (Å²) in [6, 6.07) is 12.4. The molecule has 0 aliphatic carbocycles. The molecule has 2 aromatic carbocycles. The van der Waals surface area contributed by atoms with Gasteiger partial charge in [-0.05, 0) is 49.4 Å². The molecular weight excluding hydrogens is 440 g/mol. The number of hydrogen-bond donors (Lipinski definition) is 0. The zero-order valence-electron chi connectivity index (χ0n) is 16.7. The number of thiazole rings is 1. The number of nitrogens with zero attached hydrogens (tertiary/aromatic N) is 2. The fourth-order valence-electron chi connectivity index (χ4n) is 3.45. The Labute approximate surface area is 184 Å². The zero-order chi connectivity index (χ0) is 21.3. The predicted molar refractivity (Wildman–Crippen MR) is 122 cm³/mol. The van der Waals surface area contributed by atoms with E-state index in [9.17, 15) is 13.2 Å². The van der Waals surface area contributed by atoms with Crippen LogP contribution in [0.1, 0.15) is 23.2 Å². The van der Waals surface area contributed by atoms with E-state index >= 15 is 0 Å². The molecular formula is C21H22N2O4S3. The van der Waals surface area contributed by atoms with Gasteiger partial charge in [0.15, 0.2) is 15.0 Å². The molecule has 0 N–H and O–H groups in total. The van der Waals surface area contributed by atoms with Gasteiger partial charge >= 0.3 is 0 Å². The highest BCUT2D eigenvalue weighted by Gasteiger charge is 2.28. The van der Waals surface area contributed by atoms with Gasteiger partial charge in [-0.1, -0.05) is 23.5 Å². The molecule has 1 unspecified atom stereocenters.